The number of nitrogens with one attached hydrogen (secondary N) is 2. The summed E-state index contributed by atoms with van der Waals surface area (Å²) in [5.74, 6) is 0.633. The largest absolute Gasteiger partial charge is 0.493 e. The lowest BCUT2D eigenvalue weighted by atomic mass is 10.0. The number of carbonyl (C=O) groups excluding carboxylic acids is 2. The van der Waals surface area contributed by atoms with Crippen molar-refractivity contribution in [2.75, 3.05) is 11.9 Å². The molecule has 1 aliphatic heterocycles. The SMILES string of the molecule is CC(=O)Nc1cccc(C(=O)NCc2ccc(-c3ccc4c(c3)CCO4)cc2)c1. The molecular weight excluding hydrogens is 364 g/mol. The number of hydrogen-bond acceptors (Lipinski definition) is 3. The van der Waals surface area contributed by atoms with Crippen LogP contribution in [0.1, 0.15) is 28.4 Å². The first-order chi connectivity index (χ1) is 14.1. The lowest BCUT2D eigenvalue weighted by Crippen LogP contribution is -2.22. The molecule has 0 saturated carbocycles. The van der Waals surface area contributed by atoms with Crippen LogP contribution in [-0.2, 0) is 17.8 Å². The van der Waals surface area contributed by atoms with Gasteiger partial charge in [0.2, 0.25) is 5.91 Å². The maximum absolute atomic E-state index is 12.4. The highest BCUT2D eigenvalue weighted by molar-refractivity contribution is 5.96. The van der Waals surface area contributed by atoms with E-state index in [1.165, 1.54) is 18.1 Å². The smallest absolute Gasteiger partial charge is 0.251 e. The Balaban J connectivity index is 1.39. The minimum absolute atomic E-state index is 0.168. The lowest BCUT2D eigenvalue weighted by Gasteiger charge is -2.09. The molecule has 0 spiro atoms. The van der Waals surface area contributed by atoms with Gasteiger partial charge in [0, 0.05) is 31.1 Å². The molecule has 0 unspecified atom stereocenters. The van der Waals surface area contributed by atoms with Crippen molar-refractivity contribution in [2.24, 2.45) is 0 Å². The van der Waals surface area contributed by atoms with Gasteiger partial charge in [-0.1, -0.05) is 36.4 Å². The first-order valence-electron chi connectivity index (χ1n) is 9.59. The summed E-state index contributed by atoms with van der Waals surface area (Å²) in [6, 6.07) is 21.3. The van der Waals surface area contributed by atoms with Crippen LogP contribution in [0.5, 0.6) is 5.75 Å². The topological polar surface area (TPSA) is 67.4 Å². The molecule has 0 bridgehead atoms. The van der Waals surface area contributed by atoms with Crippen molar-refractivity contribution in [1.29, 1.82) is 0 Å². The Kier molecular flexibility index (Phi) is 5.29. The Bertz CT molecular complexity index is 1060. The molecule has 2 amide bonds. The maximum Gasteiger partial charge on any atom is 0.251 e. The van der Waals surface area contributed by atoms with Gasteiger partial charge < -0.3 is 15.4 Å². The Morgan fingerprint density at radius 1 is 0.966 bits per heavy atom. The van der Waals surface area contributed by atoms with Gasteiger partial charge in [-0.25, -0.2) is 0 Å². The van der Waals surface area contributed by atoms with Gasteiger partial charge >= 0.3 is 0 Å². The summed E-state index contributed by atoms with van der Waals surface area (Å²) in [7, 11) is 0. The monoisotopic (exact) mass is 386 g/mol. The normalized spacial score (nSPS) is 12.0. The summed E-state index contributed by atoms with van der Waals surface area (Å²) in [6.45, 7) is 2.62. The predicted molar refractivity (Wildman–Crippen MR) is 113 cm³/mol. The zero-order valence-electron chi connectivity index (χ0n) is 16.2. The third kappa shape index (κ3) is 4.46. The molecule has 0 saturated heterocycles. The summed E-state index contributed by atoms with van der Waals surface area (Å²) < 4.78 is 5.56. The molecule has 29 heavy (non-hydrogen) atoms. The number of anilines is 1. The van der Waals surface area contributed by atoms with Gasteiger partial charge in [-0.2, -0.15) is 0 Å². The van der Waals surface area contributed by atoms with Crippen molar-refractivity contribution < 1.29 is 14.3 Å². The second-order valence-corrected chi connectivity index (χ2v) is 7.06. The standard InChI is InChI=1S/C24H22N2O3/c1-16(27)26-22-4-2-3-21(14-22)24(28)25-15-17-5-7-18(8-6-17)19-9-10-23-20(13-19)11-12-29-23/h2-10,13-14H,11-12,15H2,1H3,(H,25,28)(H,26,27). The van der Waals surface area contributed by atoms with E-state index in [-0.39, 0.29) is 11.8 Å². The van der Waals surface area contributed by atoms with E-state index in [1.807, 2.05) is 18.2 Å². The minimum atomic E-state index is -0.181. The molecule has 0 fully saturated rings. The fourth-order valence-electron chi connectivity index (χ4n) is 3.41. The average Bonchev–Trinajstić information content (AvgIpc) is 3.20. The van der Waals surface area contributed by atoms with Crippen molar-refractivity contribution in [3.05, 3.63) is 83.4 Å². The van der Waals surface area contributed by atoms with Gasteiger partial charge in [0.15, 0.2) is 0 Å². The third-order valence-corrected chi connectivity index (χ3v) is 4.87. The van der Waals surface area contributed by atoms with E-state index in [2.05, 4.69) is 34.9 Å². The summed E-state index contributed by atoms with van der Waals surface area (Å²) in [5, 5.41) is 5.61. The van der Waals surface area contributed by atoms with Crippen LogP contribution in [0.4, 0.5) is 5.69 Å². The van der Waals surface area contributed by atoms with Gasteiger partial charge in [-0.05, 0) is 52.6 Å². The second-order valence-electron chi connectivity index (χ2n) is 7.06. The number of amides is 2. The van der Waals surface area contributed by atoms with E-state index < -0.39 is 0 Å². The maximum atomic E-state index is 12.4. The molecule has 4 rings (SSSR count). The fraction of sp³-hybridized carbons (Fsp3) is 0.167. The first-order valence-corrected chi connectivity index (χ1v) is 9.59. The van der Waals surface area contributed by atoms with Crippen LogP contribution < -0.4 is 15.4 Å². The molecule has 0 radical (unpaired) electrons. The van der Waals surface area contributed by atoms with E-state index >= 15 is 0 Å². The summed E-state index contributed by atoms with van der Waals surface area (Å²) >= 11 is 0. The Hall–Kier alpha value is -3.60. The van der Waals surface area contributed by atoms with Crippen LogP contribution in [0.25, 0.3) is 11.1 Å². The number of carbonyl (C=O) groups is 2. The van der Waals surface area contributed by atoms with Crippen molar-refractivity contribution >= 4 is 17.5 Å². The molecule has 0 aliphatic carbocycles. The van der Waals surface area contributed by atoms with Crippen LogP contribution in [-0.4, -0.2) is 18.4 Å². The first kappa shape index (κ1) is 18.7. The van der Waals surface area contributed by atoms with Crippen molar-refractivity contribution in [3.63, 3.8) is 0 Å². The van der Waals surface area contributed by atoms with Crippen molar-refractivity contribution in [1.82, 2.24) is 5.32 Å². The van der Waals surface area contributed by atoms with Gasteiger partial charge in [-0.15, -0.1) is 0 Å². The number of hydrogen-bond donors (Lipinski definition) is 2. The quantitative estimate of drug-likeness (QED) is 0.691. The minimum Gasteiger partial charge on any atom is -0.493 e. The molecule has 1 heterocycles. The van der Waals surface area contributed by atoms with Crippen molar-refractivity contribution in [3.8, 4) is 16.9 Å². The molecule has 146 valence electrons. The molecule has 1 aliphatic rings. The molecule has 3 aromatic rings. The summed E-state index contributed by atoms with van der Waals surface area (Å²) in [5.41, 5.74) is 5.69. The highest BCUT2D eigenvalue weighted by atomic mass is 16.5. The predicted octanol–water partition coefficient (Wildman–Crippen LogP) is 4.18. The Labute approximate surface area is 169 Å². The Morgan fingerprint density at radius 2 is 1.76 bits per heavy atom. The highest BCUT2D eigenvalue weighted by Gasteiger charge is 2.12. The molecule has 0 atom stereocenters. The van der Waals surface area contributed by atoms with Gasteiger partial charge in [0.1, 0.15) is 5.75 Å². The lowest BCUT2D eigenvalue weighted by molar-refractivity contribution is -0.114. The van der Waals surface area contributed by atoms with E-state index in [0.717, 1.165) is 29.9 Å². The number of rotatable bonds is 5. The van der Waals surface area contributed by atoms with Gasteiger partial charge in [0.25, 0.3) is 5.91 Å². The van der Waals surface area contributed by atoms with E-state index in [0.29, 0.717) is 17.8 Å². The van der Waals surface area contributed by atoms with Crippen LogP contribution in [0.2, 0.25) is 0 Å². The van der Waals surface area contributed by atoms with Gasteiger partial charge in [-0.3, -0.25) is 9.59 Å². The van der Waals surface area contributed by atoms with E-state index in [1.54, 1.807) is 24.3 Å². The highest BCUT2D eigenvalue weighted by Crippen LogP contribution is 2.30. The zero-order chi connectivity index (χ0) is 20.2. The average molecular weight is 386 g/mol. The van der Waals surface area contributed by atoms with Crippen LogP contribution in [0, 0.1) is 0 Å². The molecule has 0 aromatic heterocycles. The van der Waals surface area contributed by atoms with E-state index in [9.17, 15) is 9.59 Å². The molecule has 5 heteroatoms. The summed E-state index contributed by atoms with van der Waals surface area (Å²) in [6.07, 6.45) is 0.955. The fourth-order valence-corrected chi connectivity index (χ4v) is 3.41. The van der Waals surface area contributed by atoms with Crippen molar-refractivity contribution in [2.45, 2.75) is 19.9 Å². The second kappa shape index (κ2) is 8.19. The zero-order valence-corrected chi connectivity index (χ0v) is 16.2. The molecule has 2 N–H and O–H groups in total. The van der Waals surface area contributed by atoms with Crippen LogP contribution in [0.3, 0.4) is 0 Å². The van der Waals surface area contributed by atoms with Crippen LogP contribution >= 0.6 is 0 Å². The molecule has 5 nitrogen and oxygen atoms in total. The van der Waals surface area contributed by atoms with Gasteiger partial charge in [0.05, 0.1) is 6.61 Å². The Morgan fingerprint density at radius 3 is 2.55 bits per heavy atom. The molecular formula is C24H22N2O3. The molecule has 3 aromatic carbocycles. The van der Waals surface area contributed by atoms with E-state index in [4.69, 9.17) is 4.74 Å². The number of fused-ring (bicyclic) bond motifs is 1. The third-order valence-electron chi connectivity index (χ3n) is 4.87. The summed E-state index contributed by atoms with van der Waals surface area (Å²) in [4.78, 5) is 23.6. The van der Waals surface area contributed by atoms with Crippen LogP contribution in [0.15, 0.2) is 66.7 Å². The number of ether oxygens (including phenoxy) is 1. The number of benzene rings is 3.